The lowest BCUT2D eigenvalue weighted by Gasteiger charge is -2.15. The first-order chi connectivity index (χ1) is 7.77. The first kappa shape index (κ1) is 14.9. The van der Waals surface area contributed by atoms with Gasteiger partial charge in [0.25, 0.3) is 0 Å². The molecule has 1 rings (SSSR count). The second-order valence-corrected chi connectivity index (χ2v) is 7.16. The van der Waals surface area contributed by atoms with E-state index >= 15 is 0 Å². The zero-order valence-electron chi connectivity index (χ0n) is 9.50. The summed E-state index contributed by atoms with van der Waals surface area (Å²) in [5, 5.41) is 0. The van der Waals surface area contributed by atoms with Crippen LogP contribution in [0.25, 0.3) is 0 Å². The van der Waals surface area contributed by atoms with Crippen molar-refractivity contribution < 1.29 is 8.42 Å². The summed E-state index contributed by atoms with van der Waals surface area (Å²) in [6, 6.07) is 3.09. The van der Waals surface area contributed by atoms with Crippen LogP contribution in [-0.4, -0.2) is 14.5 Å². The Labute approximate surface area is 118 Å². The molecule has 0 saturated heterocycles. The van der Waals surface area contributed by atoms with Crippen molar-refractivity contribution in [2.75, 3.05) is 5.73 Å². The van der Waals surface area contributed by atoms with E-state index in [0.29, 0.717) is 10.9 Å². The molecule has 1 atom stereocenters. The summed E-state index contributed by atoms with van der Waals surface area (Å²) in [5.74, 6) is 0. The first-order valence-corrected chi connectivity index (χ1v) is 8.11. The molecule has 0 radical (unpaired) electrons. The van der Waals surface area contributed by atoms with Crippen molar-refractivity contribution in [1.29, 1.82) is 0 Å². The van der Waals surface area contributed by atoms with Crippen LogP contribution in [0.5, 0.6) is 0 Å². The molecule has 0 amide bonds. The van der Waals surface area contributed by atoms with Crippen molar-refractivity contribution >= 4 is 47.6 Å². The number of anilines is 1. The number of rotatable bonds is 4. The molecule has 0 aromatic heterocycles. The number of benzene rings is 1. The Hall–Kier alpha value is -0.110. The Morgan fingerprint density at radius 1 is 1.41 bits per heavy atom. The molecule has 1 aromatic rings. The second-order valence-electron chi connectivity index (χ2n) is 3.74. The number of hydrogen-bond donors (Lipinski definition) is 2. The van der Waals surface area contributed by atoms with E-state index in [1.807, 2.05) is 6.92 Å². The molecule has 3 N–H and O–H groups in total. The maximum absolute atomic E-state index is 12.1. The zero-order chi connectivity index (χ0) is 13.2. The van der Waals surface area contributed by atoms with E-state index < -0.39 is 10.0 Å². The average Bonchev–Trinajstić information content (AvgIpc) is 2.14. The molecular weight excluding hydrogens is 372 g/mol. The molecule has 1 aromatic carbocycles. The number of nitrogens with one attached hydrogen (secondary N) is 1. The Morgan fingerprint density at radius 3 is 2.47 bits per heavy atom. The monoisotopic (exact) mass is 384 g/mol. The van der Waals surface area contributed by atoms with Crippen LogP contribution >= 0.6 is 31.9 Å². The molecular formula is C10H14Br2N2O2S. The van der Waals surface area contributed by atoms with Gasteiger partial charge in [0.15, 0.2) is 0 Å². The Bertz CT molecular complexity index is 494. The molecule has 0 fully saturated rings. The lowest BCUT2D eigenvalue weighted by atomic mass is 10.3. The number of nitrogen functional groups attached to an aromatic ring is 1. The predicted octanol–water partition coefficient (Wildman–Crippen LogP) is 2.87. The van der Waals surface area contributed by atoms with Gasteiger partial charge in [-0.15, -0.1) is 0 Å². The quantitative estimate of drug-likeness (QED) is 0.782. The third-order valence-corrected chi connectivity index (χ3v) is 5.33. The fourth-order valence-corrected chi connectivity index (χ4v) is 4.67. The van der Waals surface area contributed by atoms with Gasteiger partial charge in [-0.1, -0.05) is 22.9 Å². The SMILES string of the molecule is CCC(C)NS(=O)(=O)c1c(N)cc(Br)cc1Br. The van der Waals surface area contributed by atoms with E-state index in [4.69, 9.17) is 5.73 Å². The molecule has 0 saturated carbocycles. The molecule has 0 bridgehead atoms. The Kier molecular flexibility index (Phi) is 5.00. The lowest BCUT2D eigenvalue weighted by Crippen LogP contribution is -2.32. The fourth-order valence-electron chi connectivity index (χ4n) is 1.27. The zero-order valence-corrected chi connectivity index (χ0v) is 13.5. The number of hydrogen-bond acceptors (Lipinski definition) is 3. The summed E-state index contributed by atoms with van der Waals surface area (Å²) in [6.45, 7) is 3.72. The van der Waals surface area contributed by atoms with Crippen LogP contribution in [0, 0.1) is 0 Å². The summed E-state index contributed by atoms with van der Waals surface area (Å²) in [4.78, 5) is 0.0843. The fraction of sp³-hybridized carbons (Fsp3) is 0.400. The molecule has 0 spiro atoms. The summed E-state index contributed by atoms with van der Waals surface area (Å²) in [6.07, 6.45) is 0.716. The summed E-state index contributed by atoms with van der Waals surface area (Å²) >= 11 is 6.47. The van der Waals surface area contributed by atoms with Crippen LogP contribution < -0.4 is 10.5 Å². The normalized spacial score (nSPS) is 13.6. The Morgan fingerprint density at radius 2 is 2.00 bits per heavy atom. The smallest absolute Gasteiger partial charge is 0.243 e. The van der Waals surface area contributed by atoms with Crippen molar-refractivity contribution in [3.63, 3.8) is 0 Å². The van der Waals surface area contributed by atoms with Gasteiger partial charge in [-0.05, 0) is 41.4 Å². The van der Waals surface area contributed by atoms with Gasteiger partial charge in [-0.3, -0.25) is 0 Å². The first-order valence-electron chi connectivity index (χ1n) is 5.04. The molecule has 17 heavy (non-hydrogen) atoms. The largest absolute Gasteiger partial charge is 0.398 e. The standard InChI is InChI=1S/C10H14Br2N2O2S/c1-3-6(2)14-17(15,16)10-8(12)4-7(11)5-9(10)13/h4-6,14H,3,13H2,1-2H3. The highest BCUT2D eigenvalue weighted by Gasteiger charge is 2.22. The van der Waals surface area contributed by atoms with Crippen molar-refractivity contribution in [3.8, 4) is 0 Å². The molecule has 96 valence electrons. The third kappa shape index (κ3) is 3.67. The van der Waals surface area contributed by atoms with Gasteiger partial charge >= 0.3 is 0 Å². The molecule has 0 aliphatic carbocycles. The van der Waals surface area contributed by atoms with Gasteiger partial charge < -0.3 is 5.73 Å². The summed E-state index contributed by atoms with van der Waals surface area (Å²) in [7, 11) is -3.59. The van der Waals surface area contributed by atoms with Gasteiger partial charge in [-0.2, -0.15) is 0 Å². The maximum atomic E-state index is 12.1. The summed E-state index contributed by atoms with van der Waals surface area (Å²) in [5.41, 5.74) is 5.96. The third-order valence-electron chi connectivity index (χ3n) is 2.27. The molecule has 1 unspecified atom stereocenters. The number of nitrogens with two attached hydrogens (primary N) is 1. The maximum Gasteiger partial charge on any atom is 0.243 e. The van der Waals surface area contributed by atoms with Crippen LogP contribution in [0.2, 0.25) is 0 Å². The molecule has 7 heteroatoms. The molecule has 0 aliphatic rings. The van der Waals surface area contributed by atoms with Crippen molar-refractivity contribution in [2.45, 2.75) is 31.2 Å². The van der Waals surface area contributed by atoms with E-state index in [1.54, 1.807) is 19.1 Å². The van der Waals surface area contributed by atoms with Gasteiger partial charge in [0.1, 0.15) is 4.90 Å². The minimum absolute atomic E-state index is 0.0843. The van der Waals surface area contributed by atoms with Crippen molar-refractivity contribution in [3.05, 3.63) is 21.1 Å². The van der Waals surface area contributed by atoms with E-state index in [0.717, 1.165) is 4.47 Å². The predicted molar refractivity (Wildman–Crippen MR) is 76.3 cm³/mol. The minimum atomic E-state index is -3.59. The number of sulfonamides is 1. The van der Waals surface area contributed by atoms with E-state index in [2.05, 4.69) is 36.6 Å². The van der Waals surface area contributed by atoms with Gasteiger partial charge in [-0.25, -0.2) is 13.1 Å². The Balaban J connectivity index is 3.25. The lowest BCUT2D eigenvalue weighted by molar-refractivity contribution is 0.556. The topological polar surface area (TPSA) is 72.2 Å². The van der Waals surface area contributed by atoms with Crippen LogP contribution in [0.3, 0.4) is 0 Å². The van der Waals surface area contributed by atoms with Crippen molar-refractivity contribution in [2.24, 2.45) is 0 Å². The van der Waals surface area contributed by atoms with Crippen molar-refractivity contribution in [1.82, 2.24) is 4.72 Å². The van der Waals surface area contributed by atoms with Gasteiger partial charge in [0.2, 0.25) is 10.0 Å². The molecule has 0 aliphatic heterocycles. The minimum Gasteiger partial charge on any atom is -0.398 e. The van der Waals surface area contributed by atoms with E-state index in [-0.39, 0.29) is 16.6 Å². The second kappa shape index (κ2) is 5.69. The van der Waals surface area contributed by atoms with Crippen LogP contribution in [0.15, 0.2) is 26.0 Å². The molecule has 4 nitrogen and oxygen atoms in total. The van der Waals surface area contributed by atoms with E-state index in [1.165, 1.54) is 0 Å². The average molecular weight is 386 g/mol. The molecule has 0 heterocycles. The van der Waals surface area contributed by atoms with Crippen LogP contribution in [0.4, 0.5) is 5.69 Å². The van der Waals surface area contributed by atoms with E-state index in [9.17, 15) is 8.42 Å². The van der Waals surface area contributed by atoms with Gasteiger partial charge in [0.05, 0.1) is 5.69 Å². The van der Waals surface area contributed by atoms with Gasteiger partial charge in [0, 0.05) is 15.0 Å². The van der Waals surface area contributed by atoms with Crippen LogP contribution in [0.1, 0.15) is 20.3 Å². The van der Waals surface area contributed by atoms with Crippen LogP contribution in [-0.2, 0) is 10.0 Å². The highest BCUT2D eigenvalue weighted by molar-refractivity contribution is 9.11. The number of halogens is 2. The highest BCUT2D eigenvalue weighted by Crippen LogP contribution is 2.31. The summed E-state index contributed by atoms with van der Waals surface area (Å²) < 4.78 is 28.0. The highest BCUT2D eigenvalue weighted by atomic mass is 79.9.